The minimum Gasteiger partial charge on any atom is -0.342 e. The highest BCUT2D eigenvalue weighted by Gasteiger charge is 2.43. The zero-order valence-corrected chi connectivity index (χ0v) is 14.2. The molecule has 6 heteroatoms. The summed E-state index contributed by atoms with van der Waals surface area (Å²) < 4.78 is 3.20. The van der Waals surface area contributed by atoms with Crippen molar-refractivity contribution in [3.63, 3.8) is 0 Å². The topological polar surface area (TPSA) is 59.5 Å². The van der Waals surface area contributed by atoms with Crippen LogP contribution < -0.4 is 10.6 Å². The Labute approximate surface area is 138 Å². The number of piperidine rings is 1. The molecule has 0 unspecified atom stereocenters. The Morgan fingerprint density at radius 2 is 2.05 bits per heavy atom. The number of fused-ring (bicyclic) bond motifs is 1. The normalized spacial score (nSPS) is 25.0. The van der Waals surface area contributed by atoms with E-state index in [1.165, 1.54) is 32.1 Å². The molecular weight excluding hydrogens is 377 g/mol. The molecule has 2 aromatic heterocycles. The Hall–Kier alpha value is -0.890. The molecular formula is C15H20IN5. The quantitative estimate of drug-likeness (QED) is 0.752. The van der Waals surface area contributed by atoms with Gasteiger partial charge in [-0.1, -0.05) is 6.42 Å². The molecule has 1 atom stereocenters. The average molecular weight is 397 g/mol. The van der Waals surface area contributed by atoms with Crippen LogP contribution in [0.1, 0.15) is 32.1 Å². The molecule has 2 fully saturated rings. The maximum Gasteiger partial charge on any atom is 0.211 e. The van der Waals surface area contributed by atoms with E-state index in [9.17, 15) is 0 Å². The second kappa shape index (κ2) is 5.08. The van der Waals surface area contributed by atoms with Crippen molar-refractivity contribution in [1.29, 1.82) is 0 Å². The molecule has 1 aliphatic heterocycles. The Balaban J connectivity index is 1.61. The lowest BCUT2D eigenvalue weighted by atomic mass is 9.74. The Bertz CT molecular complexity index is 659. The zero-order valence-electron chi connectivity index (χ0n) is 12.0. The summed E-state index contributed by atoms with van der Waals surface area (Å²) in [5.74, 6) is 1.02. The van der Waals surface area contributed by atoms with Crippen LogP contribution in [-0.2, 0) is 0 Å². The van der Waals surface area contributed by atoms with Gasteiger partial charge in [-0.05, 0) is 53.7 Å². The summed E-state index contributed by atoms with van der Waals surface area (Å²) in [4.78, 5) is 11.5. The van der Waals surface area contributed by atoms with Gasteiger partial charge in [0.25, 0.3) is 0 Å². The third kappa shape index (κ3) is 2.14. The van der Waals surface area contributed by atoms with Crippen LogP contribution in [-0.4, -0.2) is 33.5 Å². The fourth-order valence-electron chi connectivity index (χ4n) is 4.05. The molecule has 5 nitrogen and oxygen atoms in total. The van der Waals surface area contributed by atoms with Crippen molar-refractivity contribution >= 4 is 34.2 Å². The molecule has 1 saturated heterocycles. The summed E-state index contributed by atoms with van der Waals surface area (Å²) in [6.45, 7) is 2.10. The van der Waals surface area contributed by atoms with Crippen molar-refractivity contribution in [2.75, 3.05) is 18.0 Å². The Morgan fingerprint density at radius 3 is 2.76 bits per heavy atom. The van der Waals surface area contributed by atoms with E-state index in [0.29, 0.717) is 11.5 Å². The van der Waals surface area contributed by atoms with Crippen LogP contribution >= 0.6 is 22.6 Å². The average Bonchev–Trinajstić information content (AvgIpc) is 3.10. The lowest BCUT2D eigenvalue weighted by Crippen LogP contribution is -2.47. The van der Waals surface area contributed by atoms with Crippen LogP contribution in [0.4, 0.5) is 5.95 Å². The van der Waals surface area contributed by atoms with Crippen molar-refractivity contribution in [1.82, 2.24) is 14.4 Å². The highest BCUT2D eigenvalue weighted by molar-refractivity contribution is 14.1. The van der Waals surface area contributed by atoms with Gasteiger partial charge in [-0.25, -0.2) is 9.97 Å². The first-order valence-corrected chi connectivity index (χ1v) is 8.76. The van der Waals surface area contributed by atoms with Gasteiger partial charge in [0.2, 0.25) is 5.95 Å². The van der Waals surface area contributed by atoms with Crippen molar-refractivity contribution in [2.45, 2.75) is 38.1 Å². The number of nitrogens with zero attached hydrogens (tertiary/aromatic N) is 4. The molecule has 1 spiro atoms. The first kappa shape index (κ1) is 13.8. The van der Waals surface area contributed by atoms with Crippen LogP contribution in [0.2, 0.25) is 0 Å². The predicted molar refractivity (Wildman–Crippen MR) is 91.4 cm³/mol. The second-order valence-electron chi connectivity index (χ2n) is 6.38. The van der Waals surface area contributed by atoms with Gasteiger partial charge in [0, 0.05) is 37.7 Å². The third-order valence-corrected chi connectivity index (χ3v) is 6.14. The smallest absolute Gasteiger partial charge is 0.211 e. The molecule has 3 heterocycles. The van der Waals surface area contributed by atoms with Crippen LogP contribution in [0.5, 0.6) is 0 Å². The number of anilines is 1. The van der Waals surface area contributed by atoms with E-state index in [1.807, 2.05) is 18.6 Å². The molecule has 1 saturated carbocycles. The minimum atomic E-state index is 0.397. The lowest BCUT2D eigenvalue weighted by molar-refractivity contribution is 0.197. The largest absolute Gasteiger partial charge is 0.342 e. The first-order valence-electron chi connectivity index (χ1n) is 7.68. The third-order valence-electron chi connectivity index (χ3n) is 5.38. The highest BCUT2D eigenvalue weighted by atomic mass is 127. The van der Waals surface area contributed by atoms with Gasteiger partial charge < -0.3 is 10.6 Å². The van der Waals surface area contributed by atoms with Crippen molar-refractivity contribution in [3.05, 3.63) is 22.2 Å². The van der Waals surface area contributed by atoms with Gasteiger partial charge in [-0.2, -0.15) is 0 Å². The zero-order chi connectivity index (χ0) is 14.4. The summed E-state index contributed by atoms with van der Waals surface area (Å²) >= 11 is 2.29. The summed E-state index contributed by atoms with van der Waals surface area (Å²) in [6.07, 6.45) is 12.0. The number of hydrogen-bond acceptors (Lipinski definition) is 4. The van der Waals surface area contributed by atoms with Gasteiger partial charge in [-0.15, -0.1) is 0 Å². The van der Waals surface area contributed by atoms with Crippen molar-refractivity contribution < 1.29 is 0 Å². The molecule has 1 aliphatic carbocycles. The fraction of sp³-hybridized carbons (Fsp3) is 0.600. The number of imidazole rings is 1. The van der Waals surface area contributed by atoms with Gasteiger partial charge in [0.05, 0.1) is 3.57 Å². The van der Waals surface area contributed by atoms with Crippen LogP contribution in [0.25, 0.3) is 5.65 Å². The van der Waals surface area contributed by atoms with E-state index in [-0.39, 0.29) is 0 Å². The number of nitrogens with two attached hydrogens (primary N) is 1. The Morgan fingerprint density at radius 1 is 1.24 bits per heavy atom. The van der Waals surface area contributed by atoms with Crippen molar-refractivity contribution in [2.24, 2.45) is 11.1 Å². The van der Waals surface area contributed by atoms with Crippen molar-refractivity contribution in [3.8, 4) is 0 Å². The standard InChI is InChI=1S/C15H20IN5/c16-11-10-19-14(21-9-6-18-13(11)21)20-7-4-15(5-8-20)3-1-2-12(15)17/h6,9-10,12H,1-5,7-8,17H2/t12-/m1/s1. The maximum absolute atomic E-state index is 6.37. The molecule has 112 valence electrons. The lowest BCUT2D eigenvalue weighted by Gasteiger charge is -2.42. The number of rotatable bonds is 1. The monoisotopic (exact) mass is 397 g/mol. The van der Waals surface area contributed by atoms with E-state index >= 15 is 0 Å². The molecule has 21 heavy (non-hydrogen) atoms. The molecule has 2 aliphatic rings. The van der Waals surface area contributed by atoms with Gasteiger partial charge >= 0.3 is 0 Å². The number of hydrogen-bond donors (Lipinski definition) is 1. The fourth-order valence-corrected chi connectivity index (χ4v) is 4.59. The number of aromatic nitrogens is 3. The first-order chi connectivity index (χ1) is 10.2. The number of halogens is 1. The van der Waals surface area contributed by atoms with E-state index in [2.05, 4.69) is 41.9 Å². The van der Waals surface area contributed by atoms with Gasteiger partial charge in [-0.3, -0.25) is 4.40 Å². The van der Waals surface area contributed by atoms with E-state index in [4.69, 9.17) is 5.73 Å². The van der Waals surface area contributed by atoms with Crippen LogP contribution in [0, 0.1) is 8.99 Å². The summed E-state index contributed by atoms with van der Waals surface area (Å²) in [5, 5.41) is 0. The molecule has 2 aromatic rings. The summed E-state index contributed by atoms with van der Waals surface area (Å²) in [5.41, 5.74) is 7.77. The molecule has 0 amide bonds. The van der Waals surface area contributed by atoms with E-state index in [0.717, 1.165) is 28.3 Å². The van der Waals surface area contributed by atoms with E-state index in [1.54, 1.807) is 0 Å². The van der Waals surface area contributed by atoms with Gasteiger partial charge in [0.15, 0.2) is 5.65 Å². The van der Waals surface area contributed by atoms with Crippen LogP contribution in [0.15, 0.2) is 18.6 Å². The molecule has 2 N–H and O–H groups in total. The maximum atomic E-state index is 6.37. The predicted octanol–water partition coefficient (Wildman–Crippen LogP) is 2.43. The summed E-state index contributed by atoms with van der Waals surface area (Å²) in [6, 6.07) is 0.401. The summed E-state index contributed by atoms with van der Waals surface area (Å²) in [7, 11) is 0. The van der Waals surface area contributed by atoms with Gasteiger partial charge in [0.1, 0.15) is 0 Å². The van der Waals surface area contributed by atoms with Crippen LogP contribution in [0.3, 0.4) is 0 Å². The molecule has 0 aromatic carbocycles. The Kier molecular flexibility index (Phi) is 3.33. The molecule has 0 bridgehead atoms. The second-order valence-corrected chi connectivity index (χ2v) is 7.54. The van der Waals surface area contributed by atoms with E-state index < -0.39 is 0 Å². The molecule has 4 rings (SSSR count). The highest BCUT2D eigenvalue weighted by Crippen LogP contribution is 2.45. The minimum absolute atomic E-state index is 0.397. The molecule has 0 radical (unpaired) electrons. The SMILES string of the molecule is N[C@@H]1CCCC12CCN(c1ncc(I)c3nccn13)CC2.